The Morgan fingerprint density at radius 3 is 2.50 bits per heavy atom. The Bertz CT molecular complexity index is 395. The van der Waals surface area contributed by atoms with E-state index in [4.69, 9.17) is 10.5 Å². The second-order valence-corrected chi connectivity index (χ2v) is 4.83. The van der Waals surface area contributed by atoms with E-state index in [1.807, 2.05) is 24.3 Å². The number of rotatable bonds is 4. The quantitative estimate of drug-likeness (QED) is 0.859. The Morgan fingerprint density at radius 1 is 1.33 bits per heavy atom. The molecule has 2 rings (SSSR count). The van der Waals surface area contributed by atoms with Crippen molar-refractivity contribution in [2.45, 2.75) is 44.8 Å². The highest BCUT2D eigenvalue weighted by atomic mass is 16.5. The Hall–Kier alpha value is -1.55. The number of ether oxygens (including phenoxy) is 1. The summed E-state index contributed by atoms with van der Waals surface area (Å²) in [4.78, 5) is 11.4. The lowest BCUT2D eigenvalue weighted by atomic mass is 10.2. The van der Waals surface area contributed by atoms with Gasteiger partial charge in [-0.15, -0.1) is 0 Å². The van der Waals surface area contributed by atoms with E-state index < -0.39 is 6.04 Å². The maximum Gasteiger partial charge on any atom is 0.240 e. The number of nitrogens with two attached hydrogens (primary N) is 1. The summed E-state index contributed by atoms with van der Waals surface area (Å²) in [7, 11) is 0. The van der Waals surface area contributed by atoms with Gasteiger partial charge in [-0.2, -0.15) is 0 Å². The number of amides is 1. The van der Waals surface area contributed by atoms with Crippen LogP contribution in [0.15, 0.2) is 24.3 Å². The topological polar surface area (TPSA) is 64.4 Å². The number of carbonyl (C=O) groups is 1. The number of carbonyl (C=O) groups excluding carboxylic acids is 1. The molecule has 1 saturated carbocycles. The van der Waals surface area contributed by atoms with Crippen LogP contribution < -0.4 is 15.8 Å². The molecule has 18 heavy (non-hydrogen) atoms. The van der Waals surface area contributed by atoms with Gasteiger partial charge >= 0.3 is 0 Å². The normalized spacial score (nSPS) is 17.4. The number of nitrogens with one attached hydrogen (secondary N) is 1. The van der Waals surface area contributed by atoms with Crippen molar-refractivity contribution >= 4 is 11.6 Å². The molecule has 1 fully saturated rings. The zero-order valence-corrected chi connectivity index (χ0v) is 10.7. The third kappa shape index (κ3) is 3.47. The van der Waals surface area contributed by atoms with E-state index in [1.54, 1.807) is 6.92 Å². The zero-order valence-electron chi connectivity index (χ0n) is 10.7. The van der Waals surface area contributed by atoms with Crippen molar-refractivity contribution in [3.8, 4) is 5.75 Å². The summed E-state index contributed by atoms with van der Waals surface area (Å²) in [6.45, 7) is 1.66. The minimum atomic E-state index is -0.501. The second kappa shape index (κ2) is 5.87. The fourth-order valence-electron chi connectivity index (χ4n) is 2.07. The Morgan fingerprint density at radius 2 is 1.94 bits per heavy atom. The van der Waals surface area contributed by atoms with Crippen LogP contribution in [-0.2, 0) is 4.79 Å². The molecule has 1 atom stereocenters. The highest BCUT2D eigenvalue weighted by Crippen LogP contribution is 2.24. The third-order valence-corrected chi connectivity index (χ3v) is 3.14. The molecule has 1 aromatic carbocycles. The largest absolute Gasteiger partial charge is 0.490 e. The van der Waals surface area contributed by atoms with E-state index in [2.05, 4.69) is 5.32 Å². The number of anilines is 1. The van der Waals surface area contributed by atoms with Gasteiger partial charge in [-0.25, -0.2) is 0 Å². The molecule has 98 valence electrons. The Kier molecular flexibility index (Phi) is 4.20. The van der Waals surface area contributed by atoms with Gasteiger partial charge in [0.1, 0.15) is 5.75 Å². The van der Waals surface area contributed by atoms with E-state index in [0.29, 0.717) is 6.10 Å². The lowest BCUT2D eigenvalue weighted by molar-refractivity contribution is -0.117. The molecule has 1 aliphatic carbocycles. The number of benzene rings is 1. The molecule has 0 saturated heterocycles. The molecule has 0 radical (unpaired) electrons. The predicted molar refractivity (Wildman–Crippen MR) is 71.6 cm³/mol. The van der Waals surface area contributed by atoms with Gasteiger partial charge < -0.3 is 15.8 Å². The average molecular weight is 248 g/mol. The molecule has 4 heteroatoms. The van der Waals surface area contributed by atoms with Crippen LogP contribution in [0.1, 0.15) is 32.6 Å². The average Bonchev–Trinajstić information content (AvgIpc) is 2.84. The molecular formula is C14H20N2O2. The van der Waals surface area contributed by atoms with Crippen LogP contribution >= 0.6 is 0 Å². The number of hydrogen-bond donors (Lipinski definition) is 2. The molecule has 0 unspecified atom stereocenters. The summed E-state index contributed by atoms with van der Waals surface area (Å²) in [5.41, 5.74) is 6.23. The van der Waals surface area contributed by atoms with Gasteiger partial charge in [0.05, 0.1) is 12.1 Å². The zero-order chi connectivity index (χ0) is 13.0. The van der Waals surface area contributed by atoms with Crippen molar-refractivity contribution in [3.63, 3.8) is 0 Å². The van der Waals surface area contributed by atoms with Crippen LogP contribution in [0.5, 0.6) is 5.75 Å². The van der Waals surface area contributed by atoms with E-state index in [0.717, 1.165) is 24.3 Å². The second-order valence-electron chi connectivity index (χ2n) is 4.83. The maximum atomic E-state index is 11.4. The summed E-state index contributed by atoms with van der Waals surface area (Å²) in [6, 6.07) is 6.94. The minimum absolute atomic E-state index is 0.181. The lowest BCUT2D eigenvalue weighted by Crippen LogP contribution is -2.32. The van der Waals surface area contributed by atoms with Crippen molar-refractivity contribution < 1.29 is 9.53 Å². The first kappa shape index (κ1) is 12.9. The molecule has 1 aliphatic rings. The summed E-state index contributed by atoms with van der Waals surface area (Å²) in [5, 5.41) is 2.74. The lowest BCUT2D eigenvalue weighted by Gasteiger charge is -2.13. The van der Waals surface area contributed by atoms with Gasteiger partial charge in [-0.3, -0.25) is 4.79 Å². The summed E-state index contributed by atoms with van der Waals surface area (Å²) in [5.74, 6) is 0.681. The Labute approximate surface area is 108 Å². The third-order valence-electron chi connectivity index (χ3n) is 3.14. The van der Waals surface area contributed by atoms with Crippen molar-refractivity contribution in [1.29, 1.82) is 0 Å². The molecule has 0 aliphatic heterocycles. The molecular weight excluding hydrogens is 228 g/mol. The minimum Gasteiger partial charge on any atom is -0.490 e. The van der Waals surface area contributed by atoms with Gasteiger partial charge in [0.25, 0.3) is 0 Å². The fraction of sp³-hybridized carbons (Fsp3) is 0.500. The van der Waals surface area contributed by atoms with Crippen molar-refractivity contribution in [3.05, 3.63) is 24.3 Å². The first-order chi connectivity index (χ1) is 8.65. The predicted octanol–water partition coefficient (Wildman–Crippen LogP) is 2.29. The van der Waals surface area contributed by atoms with E-state index >= 15 is 0 Å². The van der Waals surface area contributed by atoms with Crippen LogP contribution in [-0.4, -0.2) is 18.1 Å². The van der Waals surface area contributed by atoms with Crippen LogP contribution in [0.4, 0.5) is 5.69 Å². The van der Waals surface area contributed by atoms with Crippen molar-refractivity contribution in [1.82, 2.24) is 0 Å². The van der Waals surface area contributed by atoms with E-state index in [1.165, 1.54) is 12.8 Å². The fourth-order valence-corrected chi connectivity index (χ4v) is 2.07. The van der Waals surface area contributed by atoms with E-state index in [9.17, 15) is 4.79 Å². The van der Waals surface area contributed by atoms with Gasteiger partial charge in [0.15, 0.2) is 0 Å². The molecule has 1 aromatic rings. The van der Waals surface area contributed by atoms with Gasteiger partial charge in [-0.1, -0.05) is 0 Å². The number of hydrogen-bond acceptors (Lipinski definition) is 3. The summed E-state index contributed by atoms with van der Waals surface area (Å²) >= 11 is 0. The molecule has 0 bridgehead atoms. The van der Waals surface area contributed by atoms with Crippen molar-refractivity contribution in [2.24, 2.45) is 5.73 Å². The first-order valence-corrected chi connectivity index (χ1v) is 6.48. The van der Waals surface area contributed by atoms with Crippen LogP contribution in [0.3, 0.4) is 0 Å². The monoisotopic (exact) mass is 248 g/mol. The molecule has 1 amide bonds. The molecule has 0 heterocycles. The first-order valence-electron chi connectivity index (χ1n) is 6.48. The SMILES string of the molecule is C[C@H](N)C(=O)Nc1ccc(OC2CCCC2)cc1. The highest BCUT2D eigenvalue weighted by molar-refractivity contribution is 5.94. The maximum absolute atomic E-state index is 11.4. The van der Waals surface area contributed by atoms with Crippen LogP contribution in [0, 0.1) is 0 Å². The van der Waals surface area contributed by atoms with E-state index in [-0.39, 0.29) is 5.91 Å². The molecule has 0 aromatic heterocycles. The molecule has 3 N–H and O–H groups in total. The van der Waals surface area contributed by atoms with Crippen molar-refractivity contribution in [2.75, 3.05) is 5.32 Å². The molecule has 4 nitrogen and oxygen atoms in total. The van der Waals surface area contributed by atoms with Crippen LogP contribution in [0.2, 0.25) is 0 Å². The van der Waals surface area contributed by atoms with Gasteiger partial charge in [-0.05, 0) is 56.9 Å². The summed E-state index contributed by atoms with van der Waals surface area (Å²) in [6.07, 6.45) is 5.15. The standard InChI is InChI=1S/C14H20N2O2/c1-10(15)14(17)16-11-6-8-13(9-7-11)18-12-4-2-3-5-12/h6-10,12H,2-5,15H2,1H3,(H,16,17)/t10-/m0/s1. The highest BCUT2D eigenvalue weighted by Gasteiger charge is 2.16. The van der Waals surface area contributed by atoms with Gasteiger partial charge in [0, 0.05) is 5.69 Å². The smallest absolute Gasteiger partial charge is 0.240 e. The van der Waals surface area contributed by atoms with Crippen LogP contribution in [0.25, 0.3) is 0 Å². The Balaban J connectivity index is 1.90. The summed E-state index contributed by atoms with van der Waals surface area (Å²) < 4.78 is 5.85. The van der Waals surface area contributed by atoms with Gasteiger partial charge in [0.2, 0.25) is 5.91 Å². The molecule has 0 spiro atoms.